The molecule has 0 fully saturated rings. The molecule has 3 nitrogen and oxygen atoms in total. The van der Waals surface area contributed by atoms with Crippen molar-refractivity contribution in [2.45, 2.75) is 23.3 Å². The second-order valence-corrected chi connectivity index (χ2v) is 7.09. The molecule has 0 atom stereocenters. The van der Waals surface area contributed by atoms with E-state index in [1.807, 2.05) is 24.3 Å². The Morgan fingerprint density at radius 3 is 3.05 bits per heavy atom. The quantitative estimate of drug-likeness (QED) is 0.688. The normalized spacial score (nSPS) is 13.2. The predicted molar refractivity (Wildman–Crippen MR) is 84.2 cm³/mol. The fourth-order valence-corrected chi connectivity index (χ4v) is 4.79. The van der Waals surface area contributed by atoms with Crippen LogP contribution in [0.15, 0.2) is 39.3 Å². The van der Waals surface area contributed by atoms with Crippen LogP contribution >= 0.6 is 23.1 Å². The molecule has 4 rings (SSSR count). The van der Waals surface area contributed by atoms with Gasteiger partial charge in [0, 0.05) is 4.88 Å². The Hall–Kier alpha value is -1.59. The summed E-state index contributed by atoms with van der Waals surface area (Å²) in [5.74, 6) is 1.61. The summed E-state index contributed by atoms with van der Waals surface area (Å²) >= 11 is 3.57. The number of para-hydroxylation sites is 1. The summed E-state index contributed by atoms with van der Waals surface area (Å²) in [6, 6.07) is 9.71. The summed E-state index contributed by atoms with van der Waals surface area (Å²) in [6.45, 7) is 2.14. The van der Waals surface area contributed by atoms with Crippen LogP contribution in [0.4, 0.5) is 0 Å². The largest absolute Gasteiger partial charge is 0.268 e. The average molecular weight is 300 g/mol. The van der Waals surface area contributed by atoms with E-state index in [2.05, 4.69) is 18.0 Å². The summed E-state index contributed by atoms with van der Waals surface area (Å²) < 4.78 is 3.03. The minimum atomic E-state index is 0.0487. The SMILES string of the molecule is CCc1cc2c(s1)SCc1nc3ccccc3c(=O)n1-2. The van der Waals surface area contributed by atoms with E-state index < -0.39 is 0 Å². The smallest absolute Gasteiger partial charge is 0.266 e. The Morgan fingerprint density at radius 1 is 1.35 bits per heavy atom. The molecule has 3 aromatic rings. The van der Waals surface area contributed by atoms with E-state index in [-0.39, 0.29) is 5.56 Å². The lowest BCUT2D eigenvalue weighted by Gasteiger charge is -2.17. The average Bonchev–Trinajstić information content (AvgIpc) is 2.90. The molecule has 0 spiro atoms. The van der Waals surface area contributed by atoms with Crippen LogP contribution in [0, 0.1) is 0 Å². The molecule has 1 aromatic carbocycles. The first-order chi connectivity index (χ1) is 9.78. The van der Waals surface area contributed by atoms with Crippen LogP contribution < -0.4 is 5.56 Å². The Labute approximate surface area is 124 Å². The summed E-state index contributed by atoms with van der Waals surface area (Å²) in [4.78, 5) is 18.7. The number of thioether (sulfide) groups is 1. The Bertz CT molecular complexity index is 879. The number of rotatable bonds is 1. The van der Waals surface area contributed by atoms with Crippen molar-refractivity contribution in [2.75, 3.05) is 0 Å². The van der Waals surface area contributed by atoms with E-state index in [0.29, 0.717) is 5.39 Å². The monoisotopic (exact) mass is 300 g/mol. The van der Waals surface area contributed by atoms with E-state index in [0.717, 1.165) is 29.2 Å². The van der Waals surface area contributed by atoms with Crippen LogP contribution in [0.1, 0.15) is 17.6 Å². The highest BCUT2D eigenvalue weighted by molar-refractivity contribution is 8.00. The van der Waals surface area contributed by atoms with Gasteiger partial charge in [0.05, 0.1) is 26.6 Å². The van der Waals surface area contributed by atoms with Crippen LogP contribution in [0.2, 0.25) is 0 Å². The Kier molecular flexibility index (Phi) is 2.72. The molecule has 0 amide bonds. The van der Waals surface area contributed by atoms with Gasteiger partial charge in [0.2, 0.25) is 0 Å². The summed E-state index contributed by atoms with van der Waals surface area (Å²) in [6.07, 6.45) is 1.00. The maximum absolute atomic E-state index is 12.8. The van der Waals surface area contributed by atoms with Gasteiger partial charge >= 0.3 is 0 Å². The minimum Gasteiger partial charge on any atom is -0.268 e. The highest BCUT2D eigenvalue weighted by atomic mass is 32.2. The van der Waals surface area contributed by atoms with E-state index in [9.17, 15) is 4.79 Å². The van der Waals surface area contributed by atoms with Crippen molar-refractivity contribution in [3.05, 3.63) is 51.4 Å². The van der Waals surface area contributed by atoms with Gasteiger partial charge in [0.25, 0.3) is 5.56 Å². The summed E-state index contributed by atoms with van der Waals surface area (Å²) in [7, 11) is 0. The molecule has 3 heterocycles. The maximum Gasteiger partial charge on any atom is 0.266 e. The lowest BCUT2D eigenvalue weighted by molar-refractivity contribution is 0.864. The molecule has 2 aromatic heterocycles. The molecule has 5 heteroatoms. The number of hydrogen-bond acceptors (Lipinski definition) is 4. The minimum absolute atomic E-state index is 0.0487. The van der Waals surface area contributed by atoms with E-state index in [1.54, 1.807) is 27.7 Å². The molecule has 0 unspecified atom stereocenters. The first-order valence-electron chi connectivity index (χ1n) is 6.54. The Morgan fingerprint density at radius 2 is 2.20 bits per heavy atom. The molecule has 0 aliphatic carbocycles. The second-order valence-electron chi connectivity index (χ2n) is 4.71. The zero-order valence-electron chi connectivity index (χ0n) is 10.9. The lowest BCUT2D eigenvalue weighted by Crippen LogP contribution is -2.25. The van der Waals surface area contributed by atoms with Crippen molar-refractivity contribution in [3.8, 4) is 5.69 Å². The van der Waals surface area contributed by atoms with Gasteiger partial charge in [-0.3, -0.25) is 9.36 Å². The Balaban J connectivity index is 2.09. The first-order valence-corrected chi connectivity index (χ1v) is 8.34. The molecule has 1 aliphatic rings. The van der Waals surface area contributed by atoms with Crippen LogP contribution in [0.25, 0.3) is 16.6 Å². The van der Waals surface area contributed by atoms with Crippen molar-refractivity contribution >= 4 is 34.0 Å². The molecule has 0 saturated heterocycles. The van der Waals surface area contributed by atoms with E-state index in [4.69, 9.17) is 0 Å². The van der Waals surface area contributed by atoms with Crippen molar-refractivity contribution < 1.29 is 0 Å². The van der Waals surface area contributed by atoms with Gasteiger partial charge in [0.1, 0.15) is 5.82 Å². The highest BCUT2D eigenvalue weighted by Gasteiger charge is 2.22. The molecule has 20 heavy (non-hydrogen) atoms. The third-order valence-electron chi connectivity index (χ3n) is 3.50. The molecule has 0 saturated carbocycles. The molecule has 0 bridgehead atoms. The van der Waals surface area contributed by atoms with Crippen molar-refractivity contribution in [3.63, 3.8) is 0 Å². The van der Waals surface area contributed by atoms with Gasteiger partial charge in [-0.25, -0.2) is 4.98 Å². The van der Waals surface area contributed by atoms with Gasteiger partial charge in [0.15, 0.2) is 0 Å². The second kappa shape index (κ2) is 4.46. The van der Waals surface area contributed by atoms with Crippen LogP contribution in [-0.2, 0) is 12.2 Å². The van der Waals surface area contributed by atoms with Crippen LogP contribution in [0.5, 0.6) is 0 Å². The fourth-order valence-electron chi connectivity index (χ4n) is 2.50. The number of aromatic nitrogens is 2. The standard InChI is InChI=1S/C15H12N2OS2/c1-2-9-7-12-15(20-9)19-8-13-16-11-6-4-3-5-10(11)14(18)17(12)13/h3-7H,2,8H2,1H3. The molecular weight excluding hydrogens is 288 g/mol. The third kappa shape index (κ3) is 1.66. The van der Waals surface area contributed by atoms with Crippen molar-refractivity contribution in [1.82, 2.24) is 9.55 Å². The van der Waals surface area contributed by atoms with Gasteiger partial charge in [-0.05, 0) is 24.6 Å². The highest BCUT2D eigenvalue weighted by Crippen LogP contribution is 2.40. The topological polar surface area (TPSA) is 34.9 Å². The molecule has 100 valence electrons. The van der Waals surface area contributed by atoms with E-state index in [1.165, 1.54) is 9.09 Å². The van der Waals surface area contributed by atoms with Gasteiger partial charge in [-0.15, -0.1) is 23.1 Å². The number of aryl methyl sites for hydroxylation is 1. The number of hydrogen-bond donors (Lipinski definition) is 0. The third-order valence-corrected chi connectivity index (χ3v) is 6.04. The molecular formula is C15H12N2OS2. The number of fused-ring (bicyclic) bond motifs is 4. The molecule has 1 aliphatic heterocycles. The lowest BCUT2D eigenvalue weighted by atomic mass is 10.2. The number of thiophene rings is 1. The summed E-state index contributed by atoms with van der Waals surface area (Å²) in [5.41, 5.74) is 1.85. The fraction of sp³-hybridized carbons (Fsp3) is 0.200. The summed E-state index contributed by atoms with van der Waals surface area (Å²) in [5, 5.41) is 0.693. The maximum atomic E-state index is 12.8. The van der Waals surface area contributed by atoms with E-state index >= 15 is 0 Å². The predicted octanol–water partition coefficient (Wildman–Crippen LogP) is 3.62. The number of nitrogens with zero attached hydrogens (tertiary/aromatic N) is 2. The van der Waals surface area contributed by atoms with Crippen LogP contribution in [-0.4, -0.2) is 9.55 Å². The zero-order valence-corrected chi connectivity index (χ0v) is 12.6. The molecule has 0 radical (unpaired) electrons. The van der Waals surface area contributed by atoms with Crippen molar-refractivity contribution in [1.29, 1.82) is 0 Å². The van der Waals surface area contributed by atoms with Gasteiger partial charge in [-0.1, -0.05) is 19.1 Å². The van der Waals surface area contributed by atoms with Gasteiger partial charge < -0.3 is 0 Å². The zero-order chi connectivity index (χ0) is 13.7. The van der Waals surface area contributed by atoms with Crippen LogP contribution in [0.3, 0.4) is 0 Å². The first kappa shape index (κ1) is 12.2. The van der Waals surface area contributed by atoms with Gasteiger partial charge in [-0.2, -0.15) is 0 Å². The molecule has 0 N–H and O–H groups in total. The van der Waals surface area contributed by atoms with Crippen molar-refractivity contribution in [2.24, 2.45) is 0 Å². The number of benzene rings is 1.